The third-order valence-electron chi connectivity index (χ3n) is 2.93. The monoisotopic (exact) mass is 376 g/mol. The summed E-state index contributed by atoms with van der Waals surface area (Å²) in [4.78, 5) is 12.0. The van der Waals surface area contributed by atoms with E-state index in [4.69, 9.17) is 9.47 Å². The third kappa shape index (κ3) is 4.72. The normalized spacial score (nSPS) is 11.1. The summed E-state index contributed by atoms with van der Waals surface area (Å²) in [6.07, 6.45) is -4.61. The first-order chi connectivity index (χ1) is 11.7. The van der Waals surface area contributed by atoms with Crippen molar-refractivity contribution in [2.75, 3.05) is 24.4 Å². The van der Waals surface area contributed by atoms with Crippen LogP contribution in [0.15, 0.2) is 12.1 Å². The number of halogens is 3. The molecule has 0 fully saturated rings. The Kier molecular flexibility index (Phi) is 5.67. The second-order valence-electron chi connectivity index (χ2n) is 4.74. The lowest BCUT2D eigenvalue weighted by Crippen LogP contribution is -2.20. The van der Waals surface area contributed by atoms with Crippen LogP contribution in [0.2, 0.25) is 0 Å². The van der Waals surface area contributed by atoms with E-state index in [1.807, 2.05) is 6.92 Å². The van der Waals surface area contributed by atoms with Gasteiger partial charge in [0.25, 0.3) is 0 Å². The lowest BCUT2D eigenvalue weighted by Gasteiger charge is -2.14. The maximum absolute atomic E-state index is 12.5. The number of ether oxygens (including phenoxy) is 2. The molecule has 7 nitrogen and oxygen atoms in total. The standard InChI is InChI=1S/C14H15F3N4O3S/c1-4-24-9-6-10(23-3)8(5-7(9)2)18-12(22)19-13-21-20-11(25-13)14(15,16)17/h5-6H,4H2,1-3H3,(H2,18,19,21,22). The lowest BCUT2D eigenvalue weighted by molar-refractivity contribution is -0.138. The zero-order valence-corrected chi connectivity index (χ0v) is 14.3. The van der Waals surface area contributed by atoms with E-state index in [1.54, 1.807) is 19.1 Å². The van der Waals surface area contributed by atoms with E-state index >= 15 is 0 Å². The molecule has 136 valence electrons. The number of nitrogens with one attached hydrogen (secondary N) is 2. The molecular weight excluding hydrogens is 361 g/mol. The highest BCUT2D eigenvalue weighted by Crippen LogP contribution is 2.34. The van der Waals surface area contributed by atoms with Gasteiger partial charge < -0.3 is 14.8 Å². The molecule has 0 aliphatic rings. The van der Waals surface area contributed by atoms with Gasteiger partial charge in [0.15, 0.2) is 0 Å². The number of anilines is 2. The van der Waals surface area contributed by atoms with Crippen LogP contribution in [0.3, 0.4) is 0 Å². The summed E-state index contributed by atoms with van der Waals surface area (Å²) in [5.41, 5.74) is 1.09. The van der Waals surface area contributed by atoms with E-state index in [0.29, 0.717) is 23.8 Å². The number of carbonyl (C=O) groups excluding carboxylic acids is 1. The lowest BCUT2D eigenvalue weighted by atomic mass is 10.2. The van der Waals surface area contributed by atoms with Crippen LogP contribution in [0.1, 0.15) is 17.5 Å². The number of hydrogen-bond acceptors (Lipinski definition) is 6. The molecule has 0 saturated heterocycles. The smallest absolute Gasteiger partial charge is 0.445 e. The van der Waals surface area contributed by atoms with E-state index in [1.165, 1.54) is 7.11 Å². The summed E-state index contributed by atoms with van der Waals surface area (Å²) in [6.45, 7) is 4.09. The Bertz CT molecular complexity index is 764. The summed E-state index contributed by atoms with van der Waals surface area (Å²) in [7, 11) is 1.42. The number of aryl methyl sites for hydroxylation is 1. The van der Waals surface area contributed by atoms with Gasteiger partial charge >= 0.3 is 12.2 Å². The van der Waals surface area contributed by atoms with Gasteiger partial charge in [-0.3, -0.25) is 5.32 Å². The van der Waals surface area contributed by atoms with Crippen molar-refractivity contribution in [3.8, 4) is 11.5 Å². The minimum Gasteiger partial charge on any atom is -0.494 e. The third-order valence-corrected chi connectivity index (χ3v) is 3.82. The Morgan fingerprint density at radius 1 is 1.24 bits per heavy atom. The molecule has 2 rings (SSSR count). The first kappa shape index (κ1) is 18.8. The van der Waals surface area contributed by atoms with Crippen molar-refractivity contribution in [2.24, 2.45) is 0 Å². The average Bonchev–Trinajstić information content (AvgIpc) is 2.98. The molecular formula is C14H15F3N4O3S. The van der Waals surface area contributed by atoms with E-state index in [-0.39, 0.29) is 16.5 Å². The fourth-order valence-corrected chi connectivity index (χ4v) is 2.49. The van der Waals surface area contributed by atoms with Crippen molar-refractivity contribution in [1.82, 2.24) is 10.2 Å². The van der Waals surface area contributed by atoms with Crippen molar-refractivity contribution < 1.29 is 27.4 Å². The van der Waals surface area contributed by atoms with Gasteiger partial charge in [0.2, 0.25) is 10.1 Å². The Morgan fingerprint density at radius 3 is 2.52 bits per heavy atom. The van der Waals surface area contributed by atoms with E-state index in [9.17, 15) is 18.0 Å². The van der Waals surface area contributed by atoms with E-state index in [0.717, 1.165) is 5.56 Å². The van der Waals surface area contributed by atoms with Crippen LogP contribution < -0.4 is 20.1 Å². The average molecular weight is 376 g/mol. The molecule has 0 saturated carbocycles. The molecule has 2 amide bonds. The summed E-state index contributed by atoms with van der Waals surface area (Å²) in [5.74, 6) is 0.946. The van der Waals surface area contributed by atoms with Crippen LogP contribution in [-0.4, -0.2) is 29.9 Å². The Morgan fingerprint density at radius 2 is 1.96 bits per heavy atom. The van der Waals surface area contributed by atoms with Crippen molar-refractivity contribution in [3.05, 3.63) is 22.7 Å². The zero-order valence-electron chi connectivity index (χ0n) is 13.5. The molecule has 2 N–H and O–H groups in total. The first-order valence-corrected chi connectivity index (χ1v) is 7.86. The molecule has 1 aromatic heterocycles. The van der Waals surface area contributed by atoms with Gasteiger partial charge in [0, 0.05) is 6.07 Å². The first-order valence-electron chi connectivity index (χ1n) is 7.04. The van der Waals surface area contributed by atoms with Crippen LogP contribution in [0.4, 0.5) is 28.8 Å². The number of methoxy groups -OCH3 is 1. The topological polar surface area (TPSA) is 85.4 Å². The van der Waals surface area contributed by atoms with Crippen LogP contribution >= 0.6 is 11.3 Å². The van der Waals surface area contributed by atoms with Gasteiger partial charge in [0.1, 0.15) is 11.5 Å². The molecule has 11 heteroatoms. The van der Waals surface area contributed by atoms with Crippen LogP contribution in [0.5, 0.6) is 11.5 Å². The molecule has 0 aliphatic carbocycles. The maximum atomic E-state index is 12.5. The molecule has 0 aliphatic heterocycles. The number of carbonyl (C=O) groups is 1. The fraction of sp³-hybridized carbons (Fsp3) is 0.357. The summed E-state index contributed by atoms with van der Waals surface area (Å²) < 4.78 is 48.1. The number of nitrogens with zero attached hydrogens (tertiary/aromatic N) is 2. The summed E-state index contributed by atoms with van der Waals surface area (Å²) >= 11 is 0.230. The van der Waals surface area contributed by atoms with Gasteiger partial charge in [-0.05, 0) is 25.5 Å². The minimum atomic E-state index is -4.61. The quantitative estimate of drug-likeness (QED) is 0.826. The second kappa shape index (κ2) is 7.55. The van der Waals surface area contributed by atoms with Gasteiger partial charge in [-0.2, -0.15) is 13.2 Å². The van der Waals surface area contributed by atoms with Crippen LogP contribution in [-0.2, 0) is 6.18 Å². The molecule has 0 bridgehead atoms. The summed E-state index contributed by atoms with van der Waals surface area (Å²) in [6, 6.07) is 2.47. The number of rotatable bonds is 5. The summed E-state index contributed by atoms with van der Waals surface area (Å²) in [5, 5.41) is 9.56. The van der Waals surface area contributed by atoms with Gasteiger partial charge in [-0.25, -0.2) is 4.79 Å². The highest BCUT2D eigenvalue weighted by Gasteiger charge is 2.35. The molecule has 0 atom stereocenters. The van der Waals surface area contributed by atoms with Crippen molar-refractivity contribution in [3.63, 3.8) is 0 Å². The number of alkyl halides is 3. The number of hydrogen-bond donors (Lipinski definition) is 2. The SMILES string of the molecule is CCOc1cc(OC)c(NC(=O)Nc2nnc(C(F)(F)F)s2)cc1C. The molecule has 0 spiro atoms. The van der Waals surface area contributed by atoms with Crippen LogP contribution in [0, 0.1) is 6.92 Å². The van der Waals surface area contributed by atoms with Crippen molar-refractivity contribution in [2.45, 2.75) is 20.0 Å². The number of amides is 2. The zero-order chi connectivity index (χ0) is 18.6. The Balaban J connectivity index is 2.12. The van der Waals surface area contributed by atoms with Crippen molar-refractivity contribution in [1.29, 1.82) is 0 Å². The van der Waals surface area contributed by atoms with E-state index < -0.39 is 17.2 Å². The van der Waals surface area contributed by atoms with Gasteiger partial charge in [-0.15, -0.1) is 10.2 Å². The maximum Gasteiger partial charge on any atom is 0.445 e. The molecule has 25 heavy (non-hydrogen) atoms. The molecule has 2 aromatic rings. The molecule has 0 unspecified atom stereocenters. The predicted octanol–water partition coefficient (Wildman–Crippen LogP) is 3.92. The van der Waals surface area contributed by atoms with Crippen molar-refractivity contribution >= 4 is 28.2 Å². The number of benzene rings is 1. The van der Waals surface area contributed by atoms with E-state index in [2.05, 4.69) is 20.8 Å². The number of urea groups is 1. The highest BCUT2D eigenvalue weighted by molar-refractivity contribution is 7.15. The van der Waals surface area contributed by atoms with Crippen LogP contribution in [0.25, 0.3) is 0 Å². The Hall–Kier alpha value is -2.56. The van der Waals surface area contributed by atoms with Gasteiger partial charge in [0.05, 0.1) is 19.4 Å². The fourth-order valence-electron chi connectivity index (χ4n) is 1.89. The predicted molar refractivity (Wildman–Crippen MR) is 86.5 cm³/mol. The Labute approximate surface area is 145 Å². The number of aromatic nitrogens is 2. The second-order valence-corrected chi connectivity index (χ2v) is 5.72. The molecule has 1 aromatic carbocycles. The largest absolute Gasteiger partial charge is 0.494 e. The minimum absolute atomic E-state index is 0.230. The molecule has 1 heterocycles. The van der Waals surface area contributed by atoms with Gasteiger partial charge in [-0.1, -0.05) is 11.3 Å². The highest BCUT2D eigenvalue weighted by atomic mass is 32.1. The molecule has 0 radical (unpaired) electrons.